The van der Waals surface area contributed by atoms with E-state index < -0.39 is 0 Å². The lowest BCUT2D eigenvalue weighted by Crippen LogP contribution is -2.17. The number of thiophene rings is 1. The predicted octanol–water partition coefficient (Wildman–Crippen LogP) is 3.53. The summed E-state index contributed by atoms with van der Waals surface area (Å²) in [5.74, 6) is 0.623. The first kappa shape index (κ1) is 13.2. The SMILES string of the molecule is CC(=O)c1sc(N2CCC(c3ccccc3)C2)cc1N. The van der Waals surface area contributed by atoms with Crippen LogP contribution in [0.25, 0.3) is 0 Å². The molecule has 1 aromatic carbocycles. The number of rotatable bonds is 3. The zero-order valence-electron chi connectivity index (χ0n) is 11.5. The number of anilines is 2. The predicted molar refractivity (Wildman–Crippen MR) is 84.7 cm³/mol. The summed E-state index contributed by atoms with van der Waals surface area (Å²) in [6, 6.07) is 12.6. The van der Waals surface area contributed by atoms with Gasteiger partial charge in [0, 0.05) is 25.9 Å². The third-order valence-electron chi connectivity index (χ3n) is 3.84. The second-order valence-electron chi connectivity index (χ2n) is 5.27. The molecule has 0 spiro atoms. The Labute approximate surface area is 123 Å². The van der Waals surface area contributed by atoms with E-state index in [0.717, 1.165) is 24.5 Å². The average molecular weight is 286 g/mol. The molecule has 4 heteroatoms. The quantitative estimate of drug-likeness (QED) is 0.878. The lowest BCUT2D eigenvalue weighted by Gasteiger charge is -2.16. The van der Waals surface area contributed by atoms with Crippen molar-refractivity contribution in [3.63, 3.8) is 0 Å². The highest BCUT2D eigenvalue weighted by atomic mass is 32.1. The van der Waals surface area contributed by atoms with Crippen molar-refractivity contribution in [1.29, 1.82) is 0 Å². The van der Waals surface area contributed by atoms with Crippen LogP contribution in [0, 0.1) is 0 Å². The van der Waals surface area contributed by atoms with Gasteiger partial charge in [0.1, 0.15) is 0 Å². The number of carbonyl (C=O) groups is 1. The van der Waals surface area contributed by atoms with Gasteiger partial charge < -0.3 is 10.6 Å². The first-order valence-corrected chi connectivity index (χ1v) is 7.67. The van der Waals surface area contributed by atoms with Crippen LogP contribution in [0.1, 0.15) is 34.5 Å². The molecule has 1 aromatic heterocycles. The van der Waals surface area contributed by atoms with E-state index >= 15 is 0 Å². The zero-order valence-corrected chi connectivity index (χ0v) is 12.3. The molecule has 104 valence electrons. The smallest absolute Gasteiger partial charge is 0.171 e. The number of carbonyl (C=O) groups excluding carboxylic acids is 1. The number of Topliss-reactive ketones (excluding diaryl/α,β-unsaturated/α-hetero) is 1. The molecule has 0 radical (unpaired) electrons. The molecule has 1 fully saturated rings. The lowest BCUT2D eigenvalue weighted by atomic mass is 9.99. The van der Waals surface area contributed by atoms with Gasteiger partial charge in [-0.25, -0.2) is 0 Å². The molecule has 0 saturated carbocycles. The lowest BCUT2D eigenvalue weighted by molar-refractivity contribution is 0.102. The molecule has 1 saturated heterocycles. The van der Waals surface area contributed by atoms with Gasteiger partial charge in [-0.1, -0.05) is 30.3 Å². The average Bonchev–Trinajstić information content (AvgIpc) is 3.06. The van der Waals surface area contributed by atoms with E-state index in [1.54, 1.807) is 6.92 Å². The van der Waals surface area contributed by atoms with E-state index in [1.165, 1.54) is 16.9 Å². The molecule has 2 heterocycles. The van der Waals surface area contributed by atoms with E-state index in [9.17, 15) is 4.79 Å². The third kappa shape index (κ3) is 2.43. The summed E-state index contributed by atoms with van der Waals surface area (Å²) in [5.41, 5.74) is 7.93. The maximum absolute atomic E-state index is 11.5. The van der Waals surface area contributed by atoms with Crippen LogP contribution in [0.2, 0.25) is 0 Å². The number of nitrogen functional groups attached to an aromatic ring is 1. The van der Waals surface area contributed by atoms with Crippen LogP contribution in [-0.2, 0) is 0 Å². The fourth-order valence-corrected chi connectivity index (χ4v) is 3.79. The molecule has 3 nitrogen and oxygen atoms in total. The van der Waals surface area contributed by atoms with Gasteiger partial charge in [-0.05, 0) is 18.1 Å². The maximum atomic E-state index is 11.5. The molecule has 0 bridgehead atoms. The van der Waals surface area contributed by atoms with Gasteiger partial charge in [0.05, 0.1) is 15.6 Å². The van der Waals surface area contributed by atoms with Gasteiger partial charge in [-0.3, -0.25) is 4.79 Å². The molecular formula is C16H18N2OS. The van der Waals surface area contributed by atoms with Gasteiger partial charge in [0.15, 0.2) is 5.78 Å². The number of nitrogens with zero attached hydrogens (tertiary/aromatic N) is 1. The number of ketones is 1. The molecule has 2 N–H and O–H groups in total. The largest absolute Gasteiger partial charge is 0.397 e. The molecule has 1 atom stereocenters. The van der Waals surface area contributed by atoms with Gasteiger partial charge in [-0.2, -0.15) is 0 Å². The Morgan fingerprint density at radius 2 is 2.10 bits per heavy atom. The van der Waals surface area contributed by atoms with E-state index in [4.69, 9.17) is 5.73 Å². The van der Waals surface area contributed by atoms with Crippen LogP contribution < -0.4 is 10.6 Å². The van der Waals surface area contributed by atoms with Crippen LogP contribution in [0.5, 0.6) is 0 Å². The molecule has 1 aliphatic rings. The Kier molecular flexibility index (Phi) is 3.49. The molecule has 0 aliphatic carbocycles. The summed E-state index contributed by atoms with van der Waals surface area (Å²) < 4.78 is 0. The molecule has 2 aromatic rings. The Hall–Kier alpha value is -1.81. The van der Waals surface area contributed by atoms with Crippen LogP contribution >= 0.6 is 11.3 Å². The van der Waals surface area contributed by atoms with Crippen molar-refractivity contribution in [2.45, 2.75) is 19.3 Å². The van der Waals surface area contributed by atoms with Crippen molar-refractivity contribution in [1.82, 2.24) is 0 Å². The zero-order chi connectivity index (χ0) is 14.1. The van der Waals surface area contributed by atoms with Crippen LogP contribution in [0.15, 0.2) is 36.4 Å². The molecule has 20 heavy (non-hydrogen) atoms. The third-order valence-corrected chi connectivity index (χ3v) is 5.15. The molecule has 0 amide bonds. The minimum atomic E-state index is 0.0533. The number of hydrogen-bond acceptors (Lipinski definition) is 4. The maximum Gasteiger partial charge on any atom is 0.171 e. The molecular weight excluding hydrogens is 268 g/mol. The summed E-state index contributed by atoms with van der Waals surface area (Å²) in [5, 5.41) is 1.12. The monoisotopic (exact) mass is 286 g/mol. The number of hydrogen-bond donors (Lipinski definition) is 1. The topological polar surface area (TPSA) is 46.3 Å². The van der Waals surface area contributed by atoms with Crippen molar-refractivity contribution in [3.05, 3.63) is 46.8 Å². The van der Waals surface area contributed by atoms with E-state index in [1.807, 2.05) is 6.07 Å². The normalized spacial score (nSPS) is 18.4. The second kappa shape index (κ2) is 5.29. The van der Waals surface area contributed by atoms with Gasteiger partial charge >= 0.3 is 0 Å². The van der Waals surface area contributed by atoms with Crippen LogP contribution in [0.3, 0.4) is 0 Å². The van der Waals surface area contributed by atoms with Crippen molar-refractivity contribution in [2.24, 2.45) is 0 Å². The van der Waals surface area contributed by atoms with E-state index in [-0.39, 0.29) is 5.78 Å². The van der Waals surface area contributed by atoms with Crippen molar-refractivity contribution in [2.75, 3.05) is 23.7 Å². The van der Waals surface area contributed by atoms with Gasteiger partial charge in [0.2, 0.25) is 0 Å². The fraction of sp³-hybridized carbons (Fsp3) is 0.312. The highest BCUT2D eigenvalue weighted by Gasteiger charge is 2.26. The van der Waals surface area contributed by atoms with Crippen molar-refractivity contribution in [3.8, 4) is 0 Å². The van der Waals surface area contributed by atoms with Crippen LogP contribution in [0.4, 0.5) is 10.7 Å². The summed E-state index contributed by atoms with van der Waals surface area (Å²) in [6.45, 7) is 3.60. The Bertz CT molecular complexity index is 621. The Morgan fingerprint density at radius 3 is 2.75 bits per heavy atom. The van der Waals surface area contributed by atoms with Crippen molar-refractivity contribution < 1.29 is 4.79 Å². The number of nitrogens with two attached hydrogens (primary N) is 1. The molecule has 1 aliphatic heterocycles. The summed E-state index contributed by atoms with van der Waals surface area (Å²) in [6.07, 6.45) is 1.15. The minimum Gasteiger partial charge on any atom is -0.397 e. The Morgan fingerprint density at radius 1 is 1.35 bits per heavy atom. The van der Waals surface area contributed by atoms with E-state index in [2.05, 4.69) is 35.2 Å². The van der Waals surface area contributed by atoms with Crippen LogP contribution in [-0.4, -0.2) is 18.9 Å². The molecule has 3 rings (SSSR count). The van der Waals surface area contributed by atoms with Crippen molar-refractivity contribution >= 4 is 27.8 Å². The highest BCUT2D eigenvalue weighted by Crippen LogP contribution is 2.37. The van der Waals surface area contributed by atoms with Gasteiger partial charge in [-0.15, -0.1) is 11.3 Å². The summed E-state index contributed by atoms with van der Waals surface area (Å²) in [4.78, 5) is 14.5. The second-order valence-corrected chi connectivity index (χ2v) is 6.30. The van der Waals surface area contributed by atoms with E-state index in [0.29, 0.717) is 16.5 Å². The summed E-state index contributed by atoms with van der Waals surface area (Å²) >= 11 is 1.51. The minimum absolute atomic E-state index is 0.0533. The number of benzene rings is 1. The summed E-state index contributed by atoms with van der Waals surface area (Å²) in [7, 11) is 0. The first-order valence-electron chi connectivity index (χ1n) is 6.85. The Balaban J connectivity index is 1.77. The highest BCUT2D eigenvalue weighted by molar-refractivity contribution is 7.18. The molecule has 1 unspecified atom stereocenters. The standard InChI is InChI=1S/C16H18N2OS/c1-11(19)16-14(17)9-15(20-16)18-8-7-13(10-18)12-5-3-2-4-6-12/h2-6,9,13H,7-8,10,17H2,1H3. The van der Waals surface area contributed by atoms with Gasteiger partial charge in [0.25, 0.3) is 0 Å². The first-order chi connectivity index (χ1) is 9.65. The fourth-order valence-electron chi connectivity index (χ4n) is 2.78.